The Morgan fingerprint density at radius 3 is 2.33 bits per heavy atom. The summed E-state index contributed by atoms with van der Waals surface area (Å²) in [7, 11) is 0. The van der Waals surface area contributed by atoms with Gasteiger partial charge in [0.15, 0.2) is 0 Å². The first-order valence-corrected chi connectivity index (χ1v) is 8.14. The molecular formula is C17H20F4N2O4. The van der Waals surface area contributed by atoms with Crippen molar-refractivity contribution in [2.75, 3.05) is 24.5 Å². The minimum absolute atomic E-state index is 0.102. The molecule has 0 aromatic heterocycles. The molecule has 1 aromatic rings. The molecule has 1 fully saturated rings. The fourth-order valence-corrected chi connectivity index (χ4v) is 2.81. The summed E-state index contributed by atoms with van der Waals surface area (Å²) >= 11 is 0. The third-order valence-electron chi connectivity index (χ3n) is 3.91. The second kappa shape index (κ2) is 7.24. The number of benzene rings is 1. The van der Waals surface area contributed by atoms with Crippen molar-refractivity contribution in [3.63, 3.8) is 0 Å². The standard InChI is InChI=1S/C17H20F4N2O4/c1-16(2,3)27-15(26)23-8-7-22(9-12(23)14(24)25)11-6-4-5-10(18)13(11)17(19,20)21/h4-6,12H,7-9H2,1-3H3,(H,24,25)/t12-/m0/s1. The number of carboxylic acid groups (broad SMARTS) is 1. The Labute approximate surface area is 153 Å². The van der Waals surface area contributed by atoms with Crippen LogP contribution in [0.25, 0.3) is 0 Å². The van der Waals surface area contributed by atoms with Gasteiger partial charge in [-0.05, 0) is 32.9 Å². The Morgan fingerprint density at radius 1 is 1.19 bits per heavy atom. The van der Waals surface area contributed by atoms with E-state index in [1.165, 1.54) is 0 Å². The number of alkyl halides is 3. The van der Waals surface area contributed by atoms with Gasteiger partial charge in [0, 0.05) is 19.6 Å². The van der Waals surface area contributed by atoms with Crippen LogP contribution < -0.4 is 4.90 Å². The Kier molecular flexibility index (Phi) is 5.58. The van der Waals surface area contributed by atoms with Crippen LogP contribution in [-0.4, -0.2) is 53.3 Å². The number of piperazine rings is 1. The Balaban J connectivity index is 2.32. The molecule has 6 nitrogen and oxygen atoms in total. The summed E-state index contributed by atoms with van der Waals surface area (Å²) in [5.74, 6) is -2.84. The molecular weight excluding hydrogens is 372 g/mol. The molecule has 0 unspecified atom stereocenters. The zero-order valence-electron chi connectivity index (χ0n) is 15.0. The second-order valence-corrected chi connectivity index (χ2v) is 7.11. The van der Waals surface area contributed by atoms with E-state index < -0.39 is 53.5 Å². The van der Waals surface area contributed by atoms with E-state index in [1.54, 1.807) is 20.8 Å². The van der Waals surface area contributed by atoms with Gasteiger partial charge in [-0.2, -0.15) is 13.2 Å². The molecule has 0 spiro atoms. The van der Waals surface area contributed by atoms with Gasteiger partial charge in [-0.1, -0.05) is 6.07 Å². The largest absolute Gasteiger partial charge is 0.480 e. The number of aliphatic carboxylic acids is 1. The normalized spacial score (nSPS) is 18.4. The van der Waals surface area contributed by atoms with Crippen molar-refractivity contribution < 1.29 is 37.0 Å². The minimum atomic E-state index is -4.94. The molecule has 2 rings (SSSR count). The molecule has 1 aliphatic heterocycles. The monoisotopic (exact) mass is 392 g/mol. The lowest BCUT2D eigenvalue weighted by molar-refractivity contribution is -0.143. The maximum Gasteiger partial charge on any atom is 0.421 e. The number of carboxylic acids is 1. The van der Waals surface area contributed by atoms with Crippen LogP contribution in [0.2, 0.25) is 0 Å². The number of hydrogen-bond acceptors (Lipinski definition) is 4. The van der Waals surface area contributed by atoms with Crippen molar-refractivity contribution in [3.8, 4) is 0 Å². The summed E-state index contributed by atoms with van der Waals surface area (Å²) in [6, 6.07) is 1.46. The predicted octanol–water partition coefficient (Wildman–Crippen LogP) is 3.35. The number of hydrogen-bond donors (Lipinski definition) is 1. The Morgan fingerprint density at radius 2 is 1.81 bits per heavy atom. The molecule has 150 valence electrons. The highest BCUT2D eigenvalue weighted by Gasteiger charge is 2.42. The number of amides is 1. The van der Waals surface area contributed by atoms with Crippen LogP contribution in [0, 0.1) is 5.82 Å². The SMILES string of the molecule is CC(C)(C)OC(=O)N1CCN(c2cccc(F)c2C(F)(F)F)C[C@H]1C(=O)O. The van der Waals surface area contributed by atoms with Crippen molar-refractivity contribution in [2.45, 2.75) is 38.6 Å². The van der Waals surface area contributed by atoms with Gasteiger partial charge >= 0.3 is 18.2 Å². The number of nitrogens with zero attached hydrogens (tertiary/aromatic N) is 2. The highest BCUT2D eigenvalue weighted by atomic mass is 19.4. The highest BCUT2D eigenvalue weighted by molar-refractivity contribution is 5.81. The number of carbonyl (C=O) groups excluding carboxylic acids is 1. The van der Waals surface area contributed by atoms with Gasteiger partial charge in [0.25, 0.3) is 0 Å². The molecule has 27 heavy (non-hydrogen) atoms. The van der Waals surface area contributed by atoms with Gasteiger partial charge in [0.05, 0.1) is 5.69 Å². The van der Waals surface area contributed by atoms with Gasteiger partial charge in [-0.15, -0.1) is 0 Å². The molecule has 1 saturated heterocycles. The molecule has 0 aliphatic carbocycles. The molecule has 0 radical (unpaired) electrons. The number of anilines is 1. The maximum atomic E-state index is 13.8. The summed E-state index contributed by atoms with van der Waals surface area (Å²) in [6.45, 7) is 4.12. The van der Waals surface area contributed by atoms with Gasteiger partial charge in [0.2, 0.25) is 0 Å². The highest BCUT2D eigenvalue weighted by Crippen LogP contribution is 2.39. The Hall–Kier alpha value is -2.52. The molecule has 1 aromatic carbocycles. The van der Waals surface area contributed by atoms with Crippen LogP contribution in [0.3, 0.4) is 0 Å². The van der Waals surface area contributed by atoms with E-state index in [-0.39, 0.29) is 13.1 Å². The van der Waals surface area contributed by atoms with Gasteiger partial charge in [-0.3, -0.25) is 4.90 Å². The van der Waals surface area contributed by atoms with Crippen molar-refractivity contribution in [2.24, 2.45) is 0 Å². The lowest BCUT2D eigenvalue weighted by Crippen LogP contribution is -2.59. The van der Waals surface area contributed by atoms with E-state index in [0.717, 1.165) is 21.9 Å². The zero-order valence-corrected chi connectivity index (χ0v) is 15.0. The lowest BCUT2D eigenvalue weighted by atomic mass is 10.1. The van der Waals surface area contributed by atoms with Gasteiger partial charge in [0.1, 0.15) is 23.0 Å². The molecule has 1 amide bonds. The molecule has 1 aliphatic rings. The van der Waals surface area contributed by atoms with Crippen LogP contribution in [-0.2, 0) is 15.7 Å². The predicted molar refractivity (Wildman–Crippen MR) is 88.0 cm³/mol. The summed E-state index contributed by atoms with van der Waals surface area (Å²) in [6.07, 6.45) is -5.81. The van der Waals surface area contributed by atoms with Crippen LogP contribution in [0.5, 0.6) is 0 Å². The van der Waals surface area contributed by atoms with Gasteiger partial charge < -0.3 is 14.7 Å². The van der Waals surface area contributed by atoms with Crippen molar-refractivity contribution in [1.82, 2.24) is 4.90 Å². The van der Waals surface area contributed by atoms with Crippen molar-refractivity contribution >= 4 is 17.7 Å². The smallest absolute Gasteiger partial charge is 0.421 e. The number of halogens is 4. The van der Waals surface area contributed by atoms with Crippen LogP contribution >= 0.6 is 0 Å². The molecule has 0 bridgehead atoms. The number of carbonyl (C=O) groups is 2. The van der Waals surface area contributed by atoms with Crippen molar-refractivity contribution in [3.05, 3.63) is 29.6 Å². The van der Waals surface area contributed by atoms with E-state index in [2.05, 4.69) is 0 Å². The first kappa shape index (κ1) is 20.8. The minimum Gasteiger partial charge on any atom is -0.480 e. The molecule has 1 atom stereocenters. The van der Waals surface area contributed by atoms with E-state index in [4.69, 9.17) is 4.74 Å². The first-order valence-electron chi connectivity index (χ1n) is 8.14. The summed E-state index contributed by atoms with van der Waals surface area (Å²) in [5.41, 5.74) is -2.78. The van der Waals surface area contributed by atoms with E-state index >= 15 is 0 Å². The van der Waals surface area contributed by atoms with Crippen LogP contribution in [0.1, 0.15) is 26.3 Å². The van der Waals surface area contributed by atoms with E-state index in [1.807, 2.05) is 0 Å². The third kappa shape index (κ3) is 4.81. The quantitative estimate of drug-likeness (QED) is 0.782. The fraction of sp³-hybridized carbons (Fsp3) is 0.529. The zero-order chi connectivity index (χ0) is 20.6. The topological polar surface area (TPSA) is 70.1 Å². The van der Waals surface area contributed by atoms with E-state index in [9.17, 15) is 32.3 Å². The average Bonchev–Trinajstić information content (AvgIpc) is 2.51. The lowest BCUT2D eigenvalue weighted by Gasteiger charge is -2.41. The van der Waals surface area contributed by atoms with E-state index in [0.29, 0.717) is 6.07 Å². The number of rotatable bonds is 2. The average molecular weight is 392 g/mol. The van der Waals surface area contributed by atoms with Crippen LogP contribution in [0.4, 0.5) is 28.0 Å². The maximum absolute atomic E-state index is 13.8. The first-order chi connectivity index (χ1) is 12.3. The summed E-state index contributed by atoms with van der Waals surface area (Å²) < 4.78 is 58.7. The second-order valence-electron chi connectivity index (χ2n) is 7.11. The van der Waals surface area contributed by atoms with Crippen LogP contribution in [0.15, 0.2) is 18.2 Å². The van der Waals surface area contributed by atoms with Crippen molar-refractivity contribution in [1.29, 1.82) is 0 Å². The Bertz CT molecular complexity index is 731. The molecule has 10 heteroatoms. The summed E-state index contributed by atoms with van der Waals surface area (Å²) in [5, 5.41) is 9.43. The number of ether oxygens (including phenoxy) is 1. The molecule has 0 saturated carbocycles. The van der Waals surface area contributed by atoms with Gasteiger partial charge in [-0.25, -0.2) is 14.0 Å². The molecule has 1 heterocycles. The molecule has 1 N–H and O–H groups in total. The third-order valence-corrected chi connectivity index (χ3v) is 3.91. The summed E-state index contributed by atoms with van der Waals surface area (Å²) in [4.78, 5) is 25.9. The fourth-order valence-electron chi connectivity index (χ4n) is 2.81.